The minimum absolute atomic E-state index is 0.329. The van der Waals surface area contributed by atoms with Crippen LogP contribution in [-0.2, 0) is 14.3 Å². The maximum Gasteiger partial charge on any atom is 0.338 e. The Morgan fingerprint density at radius 3 is 2.08 bits per heavy atom. The van der Waals surface area contributed by atoms with E-state index in [2.05, 4.69) is 24.3 Å². The molecule has 3 aromatic rings. The van der Waals surface area contributed by atoms with Gasteiger partial charge in [-0.3, -0.25) is 0 Å². The first-order chi connectivity index (χ1) is 23.4. The Morgan fingerprint density at radius 2 is 1.35 bits per heavy atom. The topological polar surface area (TPSA) is 132 Å². The molecule has 1 aliphatic rings. The fourth-order valence-electron chi connectivity index (χ4n) is 5.74. The first-order valence-corrected chi connectivity index (χ1v) is 17.1. The van der Waals surface area contributed by atoms with Crippen molar-refractivity contribution in [3.63, 3.8) is 0 Å². The van der Waals surface area contributed by atoms with E-state index >= 15 is 0 Å². The summed E-state index contributed by atoms with van der Waals surface area (Å²) in [5.41, 5.74) is 14.9. The summed E-state index contributed by atoms with van der Waals surface area (Å²) in [5.74, 6) is 1.98. The van der Waals surface area contributed by atoms with E-state index in [4.69, 9.17) is 35.2 Å². The van der Waals surface area contributed by atoms with E-state index in [0.717, 1.165) is 49.8 Å². The van der Waals surface area contributed by atoms with Crippen LogP contribution in [0.1, 0.15) is 98.0 Å². The number of esters is 2. The second-order valence-electron chi connectivity index (χ2n) is 12.2. The van der Waals surface area contributed by atoms with Crippen LogP contribution in [0.3, 0.4) is 0 Å². The van der Waals surface area contributed by atoms with Crippen LogP contribution < -0.4 is 25.7 Å². The summed E-state index contributed by atoms with van der Waals surface area (Å²) < 4.78 is 27.9. The van der Waals surface area contributed by atoms with Gasteiger partial charge >= 0.3 is 11.9 Å². The van der Waals surface area contributed by atoms with E-state index in [1.807, 2.05) is 18.2 Å². The third-order valence-corrected chi connectivity index (χ3v) is 8.35. The van der Waals surface area contributed by atoms with Gasteiger partial charge in [-0.15, -0.1) is 0 Å². The number of benzene rings is 3. The van der Waals surface area contributed by atoms with Crippen molar-refractivity contribution >= 4 is 29.4 Å². The Kier molecular flexibility index (Phi) is 15.0. The van der Waals surface area contributed by atoms with Crippen LogP contribution in [0.25, 0.3) is 6.08 Å². The molecule has 9 heteroatoms. The van der Waals surface area contributed by atoms with Crippen LogP contribution >= 0.6 is 0 Å². The molecule has 0 heterocycles. The number of hydrogen-bond acceptors (Lipinski definition) is 9. The number of ether oxygens (including phenoxy) is 5. The molecule has 4 N–H and O–H groups in total. The predicted octanol–water partition coefficient (Wildman–Crippen LogP) is 8.12. The predicted molar refractivity (Wildman–Crippen MR) is 189 cm³/mol. The number of carbonyl (C=O) groups excluding carboxylic acids is 2. The van der Waals surface area contributed by atoms with Crippen molar-refractivity contribution in [2.45, 2.75) is 76.5 Å². The number of unbranched alkanes of at least 4 members (excludes halogenated alkanes) is 4. The number of carbonyl (C=O) groups is 2. The first-order valence-electron chi connectivity index (χ1n) is 17.1. The van der Waals surface area contributed by atoms with Gasteiger partial charge in [-0.25, -0.2) is 9.59 Å². The first kappa shape index (κ1) is 36.2. The van der Waals surface area contributed by atoms with Gasteiger partial charge in [0.05, 0.1) is 39.1 Å². The second kappa shape index (κ2) is 19.9. The van der Waals surface area contributed by atoms with Gasteiger partial charge in [0.2, 0.25) is 0 Å². The lowest BCUT2D eigenvalue weighted by Crippen LogP contribution is -2.08. The average molecular weight is 659 g/mol. The molecule has 1 saturated carbocycles. The van der Waals surface area contributed by atoms with Crippen molar-refractivity contribution in [2.75, 3.05) is 45.0 Å². The van der Waals surface area contributed by atoms with Gasteiger partial charge in [-0.2, -0.15) is 0 Å². The normalized spacial score (nSPS) is 13.3. The minimum Gasteiger partial charge on any atom is -0.494 e. The molecule has 0 amide bonds. The van der Waals surface area contributed by atoms with Crippen LogP contribution in [0, 0.1) is 0 Å². The lowest BCUT2D eigenvalue weighted by atomic mass is 9.84. The van der Waals surface area contributed by atoms with E-state index in [0.29, 0.717) is 60.8 Å². The zero-order valence-electron chi connectivity index (χ0n) is 28.1. The van der Waals surface area contributed by atoms with Crippen molar-refractivity contribution in [3.05, 3.63) is 83.4 Å². The van der Waals surface area contributed by atoms with Gasteiger partial charge in [0.1, 0.15) is 5.75 Å². The van der Waals surface area contributed by atoms with Crippen LogP contribution in [0.4, 0.5) is 11.4 Å². The third-order valence-electron chi connectivity index (χ3n) is 8.35. The fraction of sp³-hybridized carbons (Fsp3) is 0.436. The van der Waals surface area contributed by atoms with Crippen molar-refractivity contribution in [1.29, 1.82) is 0 Å². The molecular weight excluding hydrogens is 608 g/mol. The summed E-state index contributed by atoms with van der Waals surface area (Å²) in [4.78, 5) is 24.4. The van der Waals surface area contributed by atoms with Gasteiger partial charge in [0.15, 0.2) is 11.5 Å². The Bertz CT molecular complexity index is 1450. The van der Waals surface area contributed by atoms with E-state index < -0.39 is 11.9 Å². The summed E-state index contributed by atoms with van der Waals surface area (Å²) in [6.07, 6.45) is 14.7. The number of nitrogen functional groups attached to an aromatic ring is 2. The SMILES string of the molecule is COc1cc(C=CC(=O)OCCCCOc2ccc(C3CCCCC3)cc2)ccc1OCCCCCCOC(=O)c1cc(N)cc(N)c1. The van der Waals surface area contributed by atoms with E-state index in [9.17, 15) is 9.59 Å². The third kappa shape index (κ3) is 12.5. The average Bonchev–Trinajstić information content (AvgIpc) is 3.10. The van der Waals surface area contributed by atoms with Gasteiger partial charge in [-0.05, 0) is 117 Å². The fourth-order valence-corrected chi connectivity index (χ4v) is 5.74. The molecule has 1 fully saturated rings. The zero-order valence-corrected chi connectivity index (χ0v) is 28.1. The monoisotopic (exact) mass is 658 g/mol. The minimum atomic E-state index is -0.428. The molecule has 0 aliphatic heterocycles. The Labute approximate surface area is 284 Å². The molecule has 0 unspecified atom stereocenters. The molecule has 0 bridgehead atoms. The highest BCUT2D eigenvalue weighted by Gasteiger charge is 2.15. The molecule has 258 valence electrons. The second-order valence-corrected chi connectivity index (χ2v) is 12.2. The number of methoxy groups -OCH3 is 1. The Morgan fingerprint density at radius 1 is 0.708 bits per heavy atom. The molecule has 4 rings (SSSR count). The van der Waals surface area contributed by atoms with Gasteiger partial charge in [0, 0.05) is 17.5 Å². The smallest absolute Gasteiger partial charge is 0.338 e. The molecule has 3 aromatic carbocycles. The highest BCUT2D eigenvalue weighted by molar-refractivity contribution is 5.91. The number of rotatable bonds is 19. The lowest BCUT2D eigenvalue weighted by molar-refractivity contribution is -0.137. The van der Waals surface area contributed by atoms with Crippen molar-refractivity contribution in [3.8, 4) is 17.2 Å². The van der Waals surface area contributed by atoms with E-state index in [1.165, 1.54) is 43.7 Å². The number of hydrogen-bond donors (Lipinski definition) is 2. The molecule has 0 radical (unpaired) electrons. The summed E-state index contributed by atoms with van der Waals surface area (Å²) in [7, 11) is 1.58. The molecule has 1 aliphatic carbocycles. The van der Waals surface area contributed by atoms with Crippen LogP contribution in [0.2, 0.25) is 0 Å². The lowest BCUT2D eigenvalue weighted by Gasteiger charge is -2.22. The highest BCUT2D eigenvalue weighted by atomic mass is 16.5. The largest absolute Gasteiger partial charge is 0.494 e. The summed E-state index contributed by atoms with van der Waals surface area (Å²) >= 11 is 0. The Hall–Kier alpha value is -4.66. The number of anilines is 2. The summed E-state index contributed by atoms with van der Waals surface area (Å²) in [6.45, 7) is 1.78. The van der Waals surface area contributed by atoms with Gasteiger partial charge in [-0.1, -0.05) is 37.5 Å². The maximum absolute atomic E-state index is 12.2. The highest BCUT2D eigenvalue weighted by Crippen LogP contribution is 2.33. The molecular formula is C39H50N2O7. The van der Waals surface area contributed by atoms with E-state index in [1.54, 1.807) is 31.4 Å². The maximum atomic E-state index is 12.2. The molecule has 0 saturated heterocycles. The summed E-state index contributed by atoms with van der Waals surface area (Å²) in [6, 6.07) is 18.7. The molecule has 9 nitrogen and oxygen atoms in total. The zero-order chi connectivity index (χ0) is 34.0. The van der Waals surface area contributed by atoms with Gasteiger partial charge in [0.25, 0.3) is 0 Å². The van der Waals surface area contributed by atoms with Crippen LogP contribution in [-0.4, -0.2) is 45.5 Å². The molecule has 48 heavy (non-hydrogen) atoms. The summed E-state index contributed by atoms with van der Waals surface area (Å²) in [5, 5.41) is 0. The van der Waals surface area contributed by atoms with Crippen molar-refractivity contribution in [1.82, 2.24) is 0 Å². The standard InChI is InChI=1S/C39H50N2O7/c1-44-37-25-29(13-19-36(37)46-22-7-2-3-8-24-48-39(43)32-26-33(40)28-34(41)27-32)14-20-38(42)47-23-10-9-21-45-35-17-15-31(16-18-35)30-11-5-4-6-12-30/h13-20,25-28,30H,2-12,21-24,40-41H2,1H3. The van der Waals surface area contributed by atoms with Gasteiger partial charge < -0.3 is 35.2 Å². The van der Waals surface area contributed by atoms with Crippen molar-refractivity contribution < 1.29 is 33.3 Å². The number of nitrogens with two attached hydrogens (primary N) is 2. The molecule has 0 atom stereocenters. The van der Waals surface area contributed by atoms with Crippen molar-refractivity contribution in [2.24, 2.45) is 0 Å². The van der Waals surface area contributed by atoms with E-state index in [-0.39, 0.29) is 0 Å². The van der Waals surface area contributed by atoms with Crippen LogP contribution in [0.15, 0.2) is 66.7 Å². The quantitative estimate of drug-likeness (QED) is 0.0567. The molecule has 0 spiro atoms. The Balaban J connectivity index is 1.04. The van der Waals surface area contributed by atoms with Crippen LogP contribution in [0.5, 0.6) is 17.2 Å². The molecule has 0 aromatic heterocycles.